The third-order valence-electron chi connectivity index (χ3n) is 5.21. The number of rotatable bonds is 6. The second-order valence-electron chi connectivity index (χ2n) is 7.28. The second kappa shape index (κ2) is 9.40. The molecule has 0 saturated carbocycles. The molecule has 0 radical (unpaired) electrons. The number of H-pyrrole nitrogens is 1. The van der Waals surface area contributed by atoms with E-state index in [1.807, 2.05) is 9.80 Å². The van der Waals surface area contributed by atoms with Gasteiger partial charge in [-0.3, -0.25) is 14.6 Å². The minimum absolute atomic E-state index is 0.106. The maximum Gasteiger partial charge on any atom is 0.416 e. The van der Waals surface area contributed by atoms with Gasteiger partial charge in [0, 0.05) is 49.5 Å². The van der Waals surface area contributed by atoms with Gasteiger partial charge in [0.15, 0.2) is 0 Å². The van der Waals surface area contributed by atoms with E-state index in [0.717, 1.165) is 12.1 Å². The number of benzene rings is 1. The molecule has 1 aromatic carbocycles. The van der Waals surface area contributed by atoms with Crippen LogP contribution in [0, 0.1) is 6.92 Å². The number of hydrogen-bond donors (Lipinski definition) is 1. The van der Waals surface area contributed by atoms with E-state index in [1.54, 1.807) is 19.9 Å². The monoisotopic (exact) mass is 438 g/mol. The number of aromatic amines is 1. The van der Waals surface area contributed by atoms with Crippen LogP contribution in [0.25, 0.3) is 0 Å². The number of piperazine rings is 1. The number of ether oxygens (including phenoxy) is 1. The summed E-state index contributed by atoms with van der Waals surface area (Å²) in [5.41, 5.74) is 0.531. The molecule has 1 fully saturated rings. The average Bonchev–Trinajstić information content (AvgIpc) is 2.73. The van der Waals surface area contributed by atoms with Crippen molar-refractivity contribution in [3.63, 3.8) is 0 Å². The maximum absolute atomic E-state index is 13.0. The molecule has 0 amide bonds. The van der Waals surface area contributed by atoms with Crippen molar-refractivity contribution in [3.8, 4) is 0 Å². The van der Waals surface area contributed by atoms with E-state index >= 15 is 0 Å². The number of nitrogens with one attached hydrogen (secondary N) is 1. The fraction of sp³-hybridized carbons (Fsp3) is 0.476. The van der Waals surface area contributed by atoms with Gasteiger partial charge in [0.2, 0.25) is 5.95 Å². The third kappa shape index (κ3) is 5.56. The average molecular weight is 438 g/mol. The van der Waals surface area contributed by atoms with Crippen LogP contribution in [0.5, 0.6) is 0 Å². The van der Waals surface area contributed by atoms with E-state index in [4.69, 9.17) is 4.74 Å². The SMILES string of the molecule is CCOC(=O)CCc1c(C)nc(N2CCN(c3cccc(C(F)(F)F)c3)CC2)[nH]c1=O. The first kappa shape index (κ1) is 22.6. The molecule has 2 aromatic rings. The van der Waals surface area contributed by atoms with Crippen molar-refractivity contribution in [1.82, 2.24) is 9.97 Å². The Hall–Kier alpha value is -3.04. The van der Waals surface area contributed by atoms with Gasteiger partial charge in [-0.15, -0.1) is 0 Å². The first-order valence-corrected chi connectivity index (χ1v) is 10.1. The number of aromatic nitrogens is 2. The van der Waals surface area contributed by atoms with E-state index in [0.29, 0.717) is 49.1 Å². The van der Waals surface area contributed by atoms with Crippen LogP contribution in [-0.4, -0.2) is 48.7 Å². The highest BCUT2D eigenvalue weighted by Crippen LogP contribution is 2.32. The van der Waals surface area contributed by atoms with Crippen molar-refractivity contribution in [1.29, 1.82) is 0 Å². The summed E-state index contributed by atoms with van der Waals surface area (Å²) in [6.07, 6.45) is -4.03. The number of carbonyl (C=O) groups is 1. The van der Waals surface area contributed by atoms with Crippen molar-refractivity contribution < 1.29 is 22.7 Å². The van der Waals surface area contributed by atoms with Gasteiger partial charge in [-0.05, 0) is 38.5 Å². The summed E-state index contributed by atoms with van der Waals surface area (Å²) >= 11 is 0. The second-order valence-corrected chi connectivity index (χ2v) is 7.28. The summed E-state index contributed by atoms with van der Waals surface area (Å²) in [5, 5.41) is 0. The van der Waals surface area contributed by atoms with Gasteiger partial charge in [-0.1, -0.05) is 6.07 Å². The van der Waals surface area contributed by atoms with Crippen LogP contribution in [0.2, 0.25) is 0 Å². The summed E-state index contributed by atoms with van der Waals surface area (Å²) in [5.74, 6) is 0.0576. The Morgan fingerprint density at radius 3 is 2.48 bits per heavy atom. The third-order valence-corrected chi connectivity index (χ3v) is 5.21. The molecular formula is C21H25F3N4O3. The summed E-state index contributed by atoms with van der Waals surface area (Å²) in [4.78, 5) is 35.1. The number of anilines is 2. The van der Waals surface area contributed by atoms with E-state index in [9.17, 15) is 22.8 Å². The zero-order chi connectivity index (χ0) is 22.6. The molecule has 1 saturated heterocycles. The Bertz CT molecular complexity index is 983. The topological polar surface area (TPSA) is 78.5 Å². The Morgan fingerprint density at radius 1 is 1.19 bits per heavy atom. The Balaban J connectivity index is 1.66. The van der Waals surface area contributed by atoms with Gasteiger partial charge in [0.05, 0.1) is 12.2 Å². The Kier molecular flexibility index (Phi) is 6.87. The number of nitrogens with zero attached hydrogens (tertiary/aromatic N) is 3. The number of aryl methyl sites for hydroxylation is 1. The first-order valence-electron chi connectivity index (χ1n) is 10.1. The van der Waals surface area contributed by atoms with Crippen LogP contribution in [0.4, 0.5) is 24.8 Å². The molecule has 0 bridgehead atoms. The molecule has 0 aliphatic carbocycles. The molecule has 10 heteroatoms. The van der Waals surface area contributed by atoms with Gasteiger partial charge in [-0.2, -0.15) is 13.2 Å². The molecule has 0 unspecified atom stereocenters. The van der Waals surface area contributed by atoms with E-state index in [1.165, 1.54) is 6.07 Å². The number of alkyl halides is 3. The highest BCUT2D eigenvalue weighted by Gasteiger charge is 2.31. The predicted molar refractivity (Wildman–Crippen MR) is 110 cm³/mol. The quantitative estimate of drug-likeness (QED) is 0.699. The minimum Gasteiger partial charge on any atom is -0.466 e. The van der Waals surface area contributed by atoms with Crippen LogP contribution in [0.3, 0.4) is 0 Å². The van der Waals surface area contributed by atoms with Crippen molar-refractivity contribution in [2.24, 2.45) is 0 Å². The zero-order valence-electron chi connectivity index (χ0n) is 17.5. The highest BCUT2D eigenvalue weighted by atomic mass is 19.4. The van der Waals surface area contributed by atoms with Crippen molar-refractivity contribution in [2.75, 3.05) is 42.6 Å². The Labute approximate surface area is 177 Å². The molecule has 31 heavy (non-hydrogen) atoms. The van der Waals surface area contributed by atoms with E-state index < -0.39 is 11.7 Å². The molecule has 0 atom stereocenters. The number of hydrogen-bond acceptors (Lipinski definition) is 6. The molecule has 1 N–H and O–H groups in total. The van der Waals surface area contributed by atoms with Crippen LogP contribution in [0.1, 0.15) is 30.2 Å². The summed E-state index contributed by atoms with van der Waals surface area (Å²) in [7, 11) is 0. The van der Waals surface area contributed by atoms with E-state index in [2.05, 4.69) is 9.97 Å². The lowest BCUT2D eigenvalue weighted by Crippen LogP contribution is -2.47. The summed E-state index contributed by atoms with van der Waals surface area (Å²) in [6, 6.07) is 5.27. The lowest BCUT2D eigenvalue weighted by atomic mass is 10.1. The van der Waals surface area contributed by atoms with Crippen molar-refractivity contribution >= 4 is 17.6 Å². The first-order chi connectivity index (χ1) is 14.7. The zero-order valence-corrected chi connectivity index (χ0v) is 17.5. The molecule has 3 rings (SSSR count). The predicted octanol–water partition coefficient (Wildman–Crippen LogP) is 2.92. The smallest absolute Gasteiger partial charge is 0.416 e. The van der Waals surface area contributed by atoms with Gasteiger partial charge in [0.1, 0.15) is 0 Å². The van der Waals surface area contributed by atoms with Crippen LogP contribution in [0.15, 0.2) is 29.1 Å². The summed E-state index contributed by atoms with van der Waals surface area (Å²) < 4.78 is 43.8. The van der Waals surface area contributed by atoms with E-state index in [-0.39, 0.29) is 31.0 Å². The minimum atomic E-state index is -4.38. The molecule has 7 nitrogen and oxygen atoms in total. The molecule has 1 aromatic heterocycles. The summed E-state index contributed by atoms with van der Waals surface area (Å²) in [6.45, 7) is 5.72. The molecule has 2 heterocycles. The number of carbonyl (C=O) groups excluding carboxylic acids is 1. The van der Waals surface area contributed by atoms with Crippen molar-refractivity contribution in [3.05, 3.63) is 51.4 Å². The fourth-order valence-electron chi connectivity index (χ4n) is 3.56. The molecule has 0 spiro atoms. The largest absolute Gasteiger partial charge is 0.466 e. The standard InChI is InChI=1S/C21H25F3N4O3/c1-3-31-18(29)8-7-17-14(2)25-20(26-19(17)30)28-11-9-27(10-12-28)16-6-4-5-15(13-16)21(22,23)24/h4-6,13H,3,7-12H2,1-2H3,(H,25,26,30). The van der Waals surface area contributed by atoms with Crippen LogP contribution >= 0.6 is 0 Å². The highest BCUT2D eigenvalue weighted by molar-refractivity contribution is 5.69. The normalized spacial score (nSPS) is 14.6. The number of halogens is 3. The van der Waals surface area contributed by atoms with Crippen LogP contribution < -0.4 is 15.4 Å². The number of esters is 1. The van der Waals surface area contributed by atoms with Gasteiger partial charge < -0.3 is 14.5 Å². The Morgan fingerprint density at radius 2 is 1.87 bits per heavy atom. The van der Waals surface area contributed by atoms with Crippen LogP contribution in [-0.2, 0) is 22.1 Å². The molecule has 1 aliphatic heterocycles. The molecular weight excluding hydrogens is 413 g/mol. The van der Waals surface area contributed by atoms with Gasteiger partial charge >= 0.3 is 12.1 Å². The molecule has 1 aliphatic rings. The van der Waals surface area contributed by atoms with Gasteiger partial charge in [-0.25, -0.2) is 4.98 Å². The van der Waals surface area contributed by atoms with Gasteiger partial charge in [0.25, 0.3) is 5.56 Å². The molecule has 168 valence electrons. The lowest BCUT2D eigenvalue weighted by molar-refractivity contribution is -0.143. The van der Waals surface area contributed by atoms with Crippen molar-refractivity contribution in [2.45, 2.75) is 32.9 Å². The maximum atomic E-state index is 13.0. The fourth-order valence-corrected chi connectivity index (χ4v) is 3.56. The lowest BCUT2D eigenvalue weighted by Gasteiger charge is -2.36.